The first-order valence-electron chi connectivity index (χ1n) is 6.55. The molecule has 0 aromatic carbocycles. The lowest BCUT2D eigenvalue weighted by Crippen LogP contribution is -2.43. The minimum Gasteiger partial charge on any atom is -0.396 e. The van der Waals surface area contributed by atoms with Crippen molar-refractivity contribution in [3.63, 3.8) is 0 Å². The van der Waals surface area contributed by atoms with Gasteiger partial charge in [0.1, 0.15) is 0 Å². The maximum atomic E-state index is 9.04. The van der Waals surface area contributed by atoms with Crippen molar-refractivity contribution in [2.75, 3.05) is 18.6 Å². The Morgan fingerprint density at radius 3 is 2.38 bits per heavy atom. The fraction of sp³-hybridized carbons (Fsp3) is 1.00. The van der Waals surface area contributed by atoms with Gasteiger partial charge in [0.25, 0.3) is 0 Å². The Labute approximate surface area is 106 Å². The van der Waals surface area contributed by atoms with E-state index in [0.29, 0.717) is 12.1 Å². The van der Waals surface area contributed by atoms with E-state index < -0.39 is 0 Å². The molecule has 3 unspecified atom stereocenters. The molecule has 3 heteroatoms. The highest BCUT2D eigenvalue weighted by Crippen LogP contribution is 2.15. The van der Waals surface area contributed by atoms with E-state index >= 15 is 0 Å². The lowest BCUT2D eigenvalue weighted by molar-refractivity contribution is 0.249. The highest BCUT2D eigenvalue weighted by atomic mass is 32.2. The fourth-order valence-electron chi connectivity index (χ4n) is 2.22. The normalized spacial score (nSPS) is 17.1. The second-order valence-electron chi connectivity index (χ2n) is 4.61. The summed E-state index contributed by atoms with van der Waals surface area (Å²) < 4.78 is 0. The van der Waals surface area contributed by atoms with Crippen LogP contribution in [0, 0.1) is 5.92 Å². The number of hydrogen-bond donors (Lipinski definition) is 2. The van der Waals surface area contributed by atoms with E-state index in [1.54, 1.807) is 0 Å². The summed E-state index contributed by atoms with van der Waals surface area (Å²) in [6.45, 7) is 7.12. The van der Waals surface area contributed by atoms with Gasteiger partial charge in [0, 0.05) is 24.4 Å². The Kier molecular flexibility index (Phi) is 10.6. The molecule has 0 saturated heterocycles. The third-order valence-corrected chi connectivity index (χ3v) is 3.90. The van der Waals surface area contributed by atoms with Gasteiger partial charge in [-0.05, 0) is 31.4 Å². The Morgan fingerprint density at radius 2 is 1.94 bits per heavy atom. The van der Waals surface area contributed by atoms with E-state index in [-0.39, 0.29) is 6.61 Å². The molecule has 0 aliphatic carbocycles. The third kappa shape index (κ3) is 6.77. The summed E-state index contributed by atoms with van der Waals surface area (Å²) in [6, 6.07) is 1.06. The number of nitrogens with one attached hydrogen (secondary N) is 1. The lowest BCUT2D eigenvalue weighted by Gasteiger charge is -2.29. The summed E-state index contributed by atoms with van der Waals surface area (Å²) in [5.41, 5.74) is 0. The van der Waals surface area contributed by atoms with Crippen LogP contribution < -0.4 is 5.32 Å². The topological polar surface area (TPSA) is 32.3 Å². The van der Waals surface area contributed by atoms with Gasteiger partial charge in [-0.25, -0.2) is 0 Å². The van der Waals surface area contributed by atoms with Crippen LogP contribution in [0.1, 0.15) is 46.5 Å². The van der Waals surface area contributed by atoms with Crippen LogP contribution in [0.15, 0.2) is 0 Å². The standard InChI is InChI=1S/C13H29NOS/c1-5-7-11(3)13(6-2)14-12(8-9-15)10-16-4/h11-15H,5-10H2,1-4H3. The summed E-state index contributed by atoms with van der Waals surface area (Å²) in [5.74, 6) is 1.83. The van der Waals surface area contributed by atoms with Gasteiger partial charge in [-0.3, -0.25) is 0 Å². The van der Waals surface area contributed by atoms with Crippen molar-refractivity contribution in [1.82, 2.24) is 5.32 Å². The van der Waals surface area contributed by atoms with Crippen molar-refractivity contribution < 1.29 is 5.11 Å². The molecule has 0 aromatic rings. The second-order valence-corrected chi connectivity index (χ2v) is 5.52. The molecule has 16 heavy (non-hydrogen) atoms. The van der Waals surface area contributed by atoms with Gasteiger partial charge >= 0.3 is 0 Å². The molecule has 0 fully saturated rings. The molecule has 98 valence electrons. The molecule has 0 radical (unpaired) electrons. The first-order chi connectivity index (χ1) is 7.69. The molecule has 0 aromatic heterocycles. The summed E-state index contributed by atoms with van der Waals surface area (Å²) in [7, 11) is 0. The van der Waals surface area contributed by atoms with E-state index in [4.69, 9.17) is 5.11 Å². The van der Waals surface area contributed by atoms with Gasteiger partial charge in [-0.1, -0.05) is 27.2 Å². The average molecular weight is 247 g/mol. The number of aliphatic hydroxyl groups is 1. The van der Waals surface area contributed by atoms with E-state index in [9.17, 15) is 0 Å². The summed E-state index contributed by atoms with van der Waals surface area (Å²) in [4.78, 5) is 0. The maximum absolute atomic E-state index is 9.04. The summed E-state index contributed by atoms with van der Waals surface area (Å²) in [5, 5.41) is 12.8. The Morgan fingerprint density at radius 1 is 1.25 bits per heavy atom. The zero-order chi connectivity index (χ0) is 12.4. The first kappa shape index (κ1) is 16.3. The quantitative estimate of drug-likeness (QED) is 0.622. The molecular formula is C13H29NOS. The van der Waals surface area contributed by atoms with Crippen LogP contribution in [0.5, 0.6) is 0 Å². The van der Waals surface area contributed by atoms with Crippen molar-refractivity contribution in [2.45, 2.75) is 58.5 Å². The number of thioether (sulfide) groups is 1. The molecule has 0 bridgehead atoms. The maximum Gasteiger partial charge on any atom is 0.0446 e. The van der Waals surface area contributed by atoms with Gasteiger partial charge in [-0.2, -0.15) is 11.8 Å². The van der Waals surface area contributed by atoms with Crippen molar-refractivity contribution in [3.05, 3.63) is 0 Å². The number of aliphatic hydroxyl groups excluding tert-OH is 1. The molecule has 0 saturated carbocycles. The number of hydrogen-bond acceptors (Lipinski definition) is 3. The molecule has 0 heterocycles. The largest absolute Gasteiger partial charge is 0.396 e. The molecule has 2 nitrogen and oxygen atoms in total. The molecule has 0 aliphatic rings. The van der Waals surface area contributed by atoms with Crippen LogP contribution in [0.4, 0.5) is 0 Å². The van der Waals surface area contributed by atoms with E-state index in [1.165, 1.54) is 19.3 Å². The highest BCUT2D eigenvalue weighted by Gasteiger charge is 2.18. The van der Waals surface area contributed by atoms with Crippen molar-refractivity contribution >= 4 is 11.8 Å². The average Bonchev–Trinajstić information content (AvgIpc) is 2.26. The predicted octanol–water partition coefficient (Wildman–Crippen LogP) is 2.90. The Balaban J connectivity index is 4.12. The van der Waals surface area contributed by atoms with Gasteiger partial charge in [-0.15, -0.1) is 0 Å². The molecule has 0 aliphatic heterocycles. The monoisotopic (exact) mass is 247 g/mol. The zero-order valence-electron chi connectivity index (χ0n) is 11.3. The molecule has 0 amide bonds. The van der Waals surface area contributed by atoms with E-state index in [0.717, 1.165) is 18.1 Å². The second kappa shape index (κ2) is 10.4. The SMILES string of the molecule is CCCC(C)C(CC)NC(CCO)CSC. The first-order valence-corrected chi connectivity index (χ1v) is 7.94. The van der Waals surface area contributed by atoms with Crippen molar-refractivity contribution in [2.24, 2.45) is 5.92 Å². The Bertz CT molecular complexity index is 149. The highest BCUT2D eigenvalue weighted by molar-refractivity contribution is 7.98. The zero-order valence-corrected chi connectivity index (χ0v) is 12.1. The van der Waals surface area contributed by atoms with Crippen LogP contribution in [0.25, 0.3) is 0 Å². The number of rotatable bonds is 10. The van der Waals surface area contributed by atoms with Crippen molar-refractivity contribution in [3.8, 4) is 0 Å². The summed E-state index contributed by atoms with van der Waals surface area (Å²) >= 11 is 1.85. The Hall–Kier alpha value is 0.270. The van der Waals surface area contributed by atoms with Crippen LogP contribution in [-0.4, -0.2) is 35.8 Å². The van der Waals surface area contributed by atoms with Crippen LogP contribution in [-0.2, 0) is 0 Å². The van der Waals surface area contributed by atoms with Crippen LogP contribution in [0.2, 0.25) is 0 Å². The van der Waals surface area contributed by atoms with E-state index in [1.807, 2.05) is 11.8 Å². The summed E-state index contributed by atoms with van der Waals surface area (Å²) in [6.07, 6.45) is 6.72. The molecule has 0 spiro atoms. The van der Waals surface area contributed by atoms with Crippen LogP contribution in [0.3, 0.4) is 0 Å². The van der Waals surface area contributed by atoms with Gasteiger partial charge in [0.05, 0.1) is 0 Å². The van der Waals surface area contributed by atoms with Crippen LogP contribution >= 0.6 is 11.8 Å². The van der Waals surface area contributed by atoms with E-state index in [2.05, 4.69) is 32.3 Å². The van der Waals surface area contributed by atoms with Gasteiger partial charge in [0.15, 0.2) is 0 Å². The molecule has 2 N–H and O–H groups in total. The minimum atomic E-state index is 0.289. The predicted molar refractivity (Wildman–Crippen MR) is 75.2 cm³/mol. The van der Waals surface area contributed by atoms with Gasteiger partial charge < -0.3 is 10.4 Å². The molecular weight excluding hydrogens is 218 g/mol. The third-order valence-electron chi connectivity index (χ3n) is 3.17. The van der Waals surface area contributed by atoms with Gasteiger partial charge in [0.2, 0.25) is 0 Å². The van der Waals surface area contributed by atoms with Crippen molar-refractivity contribution in [1.29, 1.82) is 0 Å². The molecule has 0 rings (SSSR count). The molecule has 3 atom stereocenters. The lowest BCUT2D eigenvalue weighted by atomic mass is 9.94. The smallest absolute Gasteiger partial charge is 0.0446 e. The minimum absolute atomic E-state index is 0.289. The fourth-order valence-corrected chi connectivity index (χ4v) is 2.88.